The van der Waals surface area contributed by atoms with Gasteiger partial charge in [0, 0.05) is 5.92 Å². The minimum atomic E-state index is -0.742. The molecule has 2 rings (SSSR count). The highest BCUT2D eigenvalue weighted by atomic mass is 16.7. The van der Waals surface area contributed by atoms with Crippen LogP contribution in [0, 0.1) is 17.3 Å². The Morgan fingerprint density at radius 2 is 1.92 bits per heavy atom. The first-order valence-electron chi connectivity index (χ1n) is 4.51. The fourth-order valence-electron chi connectivity index (χ4n) is 2.24. The van der Waals surface area contributed by atoms with Crippen LogP contribution in [-0.2, 0) is 14.3 Å². The molecular weight excluding hydrogens is 172 g/mol. The number of carbonyl (C=O) groups is 1. The van der Waals surface area contributed by atoms with Crippen LogP contribution in [-0.4, -0.2) is 30.6 Å². The van der Waals surface area contributed by atoms with Crippen LogP contribution in [0.2, 0.25) is 0 Å². The molecule has 4 heteroatoms. The molecule has 0 amide bonds. The molecule has 0 spiro atoms. The second-order valence-electron chi connectivity index (χ2n) is 4.27. The Morgan fingerprint density at radius 3 is 2.31 bits per heavy atom. The molecule has 0 aromatic carbocycles. The van der Waals surface area contributed by atoms with E-state index in [2.05, 4.69) is 0 Å². The number of aliphatic carboxylic acids is 1. The van der Waals surface area contributed by atoms with Gasteiger partial charge in [0.15, 0.2) is 6.29 Å². The molecule has 2 fully saturated rings. The lowest BCUT2D eigenvalue weighted by Gasteiger charge is -2.09. The zero-order valence-corrected chi connectivity index (χ0v) is 7.82. The third-order valence-corrected chi connectivity index (χ3v) is 3.12. The topological polar surface area (TPSA) is 55.8 Å². The Morgan fingerprint density at radius 1 is 1.38 bits per heavy atom. The van der Waals surface area contributed by atoms with E-state index in [1.54, 1.807) is 0 Å². The average molecular weight is 186 g/mol. The van der Waals surface area contributed by atoms with E-state index in [-0.39, 0.29) is 23.5 Å². The van der Waals surface area contributed by atoms with Crippen LogP contribution in [0.5, 0.6) is 0 Å². The van der Waals surface area contributed by atoms with Gasteiger partial charge in [0.05, 0.1) is 19.1 Å². The lowest BCUT2D eigenvalue weighted by molar-refractivity contribution is -0.141. The highest BCUT2D eigenvalue weighted by Crippen LogP contribution is 2.61. The Bertz CT molecular complexity index is 230. The summed E-state index contributed by atoms with van der Waals surface area (Å²) in [7, 11) is 0. The minimum absolute atomic E-state index is 0.0208. The van der Waals surface area contributed by atoms with Crippen molar-refractivity contribution in [2.75, 3.05) is 13.2 Å². The number of ether oxygens (including phenoxy) is 2. The van der Waals surface area contributed by atoms with Crippen LogP contribution in [0.15, 0.2) is 0 Å². The van der Waals surface area contributed by atoms with Crippen LogP contribution in [0.1, 0.15) is 13.8 Å². The Labute approximate surface area is 76.8 Å². The van der Waals surface area contributed by atoms with Crippen molar-refractivity contribution >= 4 is 5.97 Å². The van der Waals surface area contributed by atoms with Crippen LogP contribution in [0.3, 0.4) is 0 Å². The normalized spacial score (nSPS) is 37.7. The van der Waals surface area contributed by atoms with E-state index < -0.39 is 5.97 Å². The first-order valence-corrected chi connectivity index (χ1v) is 4.51. The van der Waals surface area contributed by atoms with E-state index in [0.717, 1.165) is 0 Å². The third-order valence-electron chi connectivity index (χ3n) is 3.12. The van der Waals surface area contributed by atoms with Gasteiger partial charge in [-0.05, 0) is 5.41 Å². The molecule has 13 heavy (non-hydrogen) atoms. The molecule has 1 saturated carbocycles. The van der Waals surface area contributed by atoms with Gasteiger partial charge >= 0.3 is 5.97 Å². The smallest absolute Gasteiger partial charge is 0.307 e. The van der Waals surface area contributed by atoms with Crippen molar-refractivity contribution in [3.05, 3.63) is 0 Å². The van der Waals surface area contributed by atoms with Gasteiger partial charge in [0.1, 0.15) is 0 Å². The molecule has 1 aliphatic heterocycles. The first kappa shape index (κ1) is 8.97. The van der Waals surface area contributed by atoms with Gasteiger partial charge in [-0.2, -0.15) is 0 Å². The average Bonchev–Trinajstić information content (AvgIpc) is 2.50. The van der Waals surface area contributed by atoms with Crippen LogP contribution < -0.4 is 0 Å². The van der Waals surface area contributed by atoms with Gasteiger partial charge in [-0.25, -0.2) is 0 Å². The molecule has 1 N–H and O–H groups in total. The van der Waals surface area contributed by atoms with Gasteiger partial charge in [-0.15, -0.1) is 0 Å². The standard InChI is InChI=1S/C9H14O4/c1-9(2)5(7(10)11)6(9)8-12-3-4-13-8/h5-6,8H,3-4H2,1-2H3,(H,10,11). The minimum Gasteiger partial charge on any atom is -0.481 e. The molecule has 0 aromatic heterocycles. The fraction of sp³-hybridized carbons (Fsp3) is 0.889. The molecular formula is C9H14O4. The Kier molecular flexibility index (Phi) is 1.85. The van der Waals surface area contributed by atoms with Crippen molar-refractivity contribution in [1.82, 2.24) is 0 Å². The van der Waals surface area contributed by atoms with Crippen molar-refractivity contribution in [3.8, 4) is 0 Å². The number of hydrogen-bond acceptors (Lipinski definition) is 3. The Balaban J connectivity index is 2.05. The molecule has 2 unspecified atom stereocenters. The van der Waals surface area contributed by atoms with E-state index in [1.807, 2.05) is 13.8 Å². The van der Waals surface area contributed by atoms with E-state index in [0.29, 0.717) is 13.2 Å². The molecule has 1 saturated heterocycles. The molecule has 2 aliphatic rings. The summed E-state index contributed by atoms with van der Waals surface area (Å²) in [6.45, 7) is 5.07. The maximum absolute atomic E-state index is 10.8. The summed E-state index contributed by atoms with van der Waals surface area (Å²) in [5, 5.41) is 8.91. The molecule has 2 atom stereocenters. The van der Waals surface area contributed by atoms with Gasteiger partial charge in [-0.1, -0.05) is 13.8 Å². The molecule has 0 radical (unpaired) electrons. The lowest BCUT2D eigenvalue weighted by Crippen LogP contribution is -2.15. The molecule has 1 aliphatic carbocycles. The van der Waals surface area contributed by atoms with E-state index in [1.165, 1.54) is 0 Å². The zero-order valence-electron chi connectivity index (χ0n) is 7.82. The highest BCUT2D eigenvalue weighted by Gasteiger charge is 2.66. The lowest BCUT2D eigenvalue weighted by atomic mass is 10.1. The van der Waals surface area contributed by atoms with Crippen LogP contribution in [0.4, 0.5) is 0 Å². The highest BCUT2D eigenvalue weighted by molar-refractivity contribution is 5.75. The largest absolute Gasteiger partial charge is 0.481 e. The monoisotopic (exact) mass is 186 g/mol. The van der Waals surface area contributed by atoms with Crippen molar-refractivity contribution in [2.45, 2.75) is 20.1 Å². The quantitative estimate of drug-likeness (QED) is 0.690. The summed E-state index contributed by atoms with van der Waals surface area (Å²) in [4.78, 5) is 10.8. The summed E-state index contributed by atoms with van der Waals surface area (Å²) >= 11 is 0. The van der Waals surface area contributed by atoms with E-state index >= 15 is 0 Å². The summed E-state index contributed by atoms with van der Waals surface area (Å²) in [6, 6.07) is 0. The molecule has 4 nitrogen and oxygen atoms in total. The van der Waals surface area contributed by atoms with Gasteiger partial charge in [-0.3, -0.25) is 4.79 Å². The van der Waals surface area contributed by atoms with Crippen LogP contribution in [0.25, 0.3) is 0 Å². The van der Waals surface area contributed by atoms with Gasteiger partial charge in [0.2, 0.25) is 0 Å². The summed E-state index contributed by atoms with van der Waals surface area (Å²) < 4.78 is 10.6. The van der Waals surface area contributed by atoms with E-state index in [9.17, 15) is 4.79 Å². The first-order chi connectivity index (χ1) is 6.05. The van der Waals surface area contributed by atoms with Gasteiger partial charge < -0.3 is 14.6 Å². The maximum atomic E-state index is 10.8. The molecule has 74 valence electrons. The number of hydrogen-bond donors (Lipinski definition) is 1. The van der Waals surface area contributed by atoms with Crippen LogP contribution >= 0.6 is 0 Å². The predicted molar refractivity (Wildman–Crippen MR) is 44.1 cm³/mol. The third kappa shape index (κ3) is 1.25. The van der Waals surface area contributed by atoms with Crippen molar-refractivity contribution in [3.63, 3.8) is 0 Å². The van der Waals surface area contributed by atoms with E-state index in [4.69, 9.17) is 14.6 Å². The number of carboxylic acid groups (broad SMARTS) is 1. The second-order valence-corrected chi connectivity index (χ2v) is 4.27. The van der Waals surface area contributed by atoms with Crippen molar-refractivity contribution in [1.29, 1.82) is 0 Å². The Hall–Kier alpha value is -0.610. The molecule has 0 bridgehead atoms. The van der Waals surface area contributed by atoms with Crippen molar-refractivity contribution in [2.24, 2.45) is 17.3 Å². The number of rotatable bonds is 2. The SMILES string of the molecule is CC1(C)C(C(=O)O)C1C1OCCO1. The molecule has 1 heterocycles. The zero-order chi connectivity index (χ0) is 9.64. The van der Waals surface area contributed by atoms with Gasteiger partial charge in [0.25, 0.3) is 0 Å². The second kappa shape index (κ2) is 2.69. The van der Waals surface area contributed by atoms with Crippen molar-refractivity contribution < 1.29 is 19.4 Å². The molecule has 0 aromatic rings. The summed E-state index contributed by atoms with van der Waals surface area (Å²) in [6.07, 6.45) is -0.295. The maximum Gasteiger partial charge on any atom is 0.307 e. The number of carboxylic acids is 1. The predicted octanol–water partition coefficient (Wildman–Crippen LogP) is 0.716. The summed E-state index contributed by atoms with van der Waals surface area (Å²) in [5.41, 5.74) is -0.180. The fourth-order valence-corrected chi connectivity index (χ4v) is 2.24. The summed E-state index contributed by atoms with van der Waals surface area (Å²) in [5.74, 6) is -1.03.